The Bertz CT molecular complexity index is 319. The van der Waals surface area contributed by atoms with Gasteiger partial charge in [-0.15, -0.1) is 6.58 Å². The fourth-order valence-corrected chi connectivity index (χ4v) is 0.953. The first-order valence-corrected chi connectivity index (χ1v) is 5.57. The summed E-state index contributed by atoms with van der Waals surface area (Å²) in [4.78, 5) is 4.28. The van der Waals surface area contributed by atoms with Gasteiger partial charge in [0.15, 0.2) is 0 Å². The summed E-state index contributed by atoms with van der Waals surface area (Å²) >= 11 is 0. The summed E-state index contributed by atoms with van der Waals surface area (Å²) in [6.45, 7) is 16.9. The van der Waals surface area contributed by atoms with Crippen molar-refractivity contribution in [3.05, 3.63) is 43.0 Å². The molecule has 1 rings (SSSR count). The third-order valence-corrected chi connectivity index (χ3v) is 1.39. The molecule has 16 heavy (non-hydrogen) atoms. The highest BCUT2D eigenvalue weighted by molar-refractivity contribution is 5.44. The third-order valence-electron chi connectivity index (χ3n) is 1.39. The first-order chi connectivity index (χ1) is 7.69. The van der Waals surface area contributed by atoms with E-state index in [2.05, 4.69) is 18.1 Å². The summed E-state index contributed by atoms with van der Waals surface area (Å²) in [6, 6.07) is 0. The highest BCUT2D eigenvalue weighted by atomic mass is 15.0. The molecule has 0 bridgehead atoms. The van der Waals surface area contributed by atoms with Crippen molar-refractivity contribution in [1.29, 1.82) is 0 Å². The van der Waals surface area contributed by atoms with E-state index < -0.39 is 0 Å². The van der Waals surface area contributed by atoms with Gasteiger partial charge >= 0.3 is 0 Å². The number of allylic oxidation sites excluding steroid dienone is 2. The Labute approximate surface area is 100 Å². The van der Waals surface area contributed by atoms with E-state index in [4.69, 9.17) is 0 Å². The Balaban J connectivity index is 0. The molecule has 0 N–H and O–H groups in total. The van der Waals surface area contributed by atoms with Crippen LogP contribution >= 0.6 is 0 Å². The van der Waals surface area contributed by atoms with Gasteiger partial charge in [0.05, 0.1) is 5.69 Å². The molecule has 0 unspecified atom stereocenters. The van der Waals surface area contributed by atoms with Crippen molar-refractivity contribution in [2.75, 3.05) is 0 Å². The molecule has 0 amide bonds. The van der Waals surface area contributed by atoms with Crippen molar-refractivity contribution < 1.29 is 0 Å². The van der Waals surface area contributed by atoms with Gasteiger partial charge in [0.2, 0.25) is 0 Å². The Morgan fingerprint density at radius 1 is 1.25 bits per heavy atom. The molecule has 0 aromatic carbocycles. The van der Waals surface area contributed by atoms with Crippen LogP contribution in [0.3, 0.4) is 0 Å². The standard InChI is InChI=1S/C9H12N2.C3H6.C2H6/c1-4-6-9-10-8(3)7-11(9)5-2;1-3-2;1-2/h4-7H,2H2,1,3H3;3H,1H2,2H3;1-2H3/b6-4-;;. The van der Waals surface area contributed by atoms with Crippen molar-refractivity contribution in [3.8, 4) is 0 Å². The first-order valence-electron chi connectivity index (χ1n) is 5.57. The maximum atomic E-state index is 4.28. The molecule has 0 fully saturated rings. The fourth-order valence-electron chi connectivity index (χ4n) is 0.953. The summed E-state index contributed by atoms with van der Waals surface area (Å²) < 4.78 is 1.90. The SMILES string of the molecule is C=CC.C=Cn1cc(C)nc1/C=C\C.CC. The third kappa shape index (κ3) is 6.82. The van der Waals surface area contributed by atoms with E-state index in [1.807, 2.05) is 57.5 Å². The molecule has 0 atom stereocenters. The summed E-state index contributed by atoms with van der Waals surface area (Å²) in [5, 5.41) is 0. The Morgan fingerprint density at radius 2 is 1.75 bits per heavy atom. The number of hydrogen-bond acceptors (Lipinski definition) is 1. The molecule has 2 nitrogen and oxygen atoms in total. The van der Waals surface area contributed by atoms with Gasteiger partial charge in [-0.25, -0.2) is 4.98 Å². The zero-order chi connectivity index (χ0) is 13.0. The van der Waals surface area contributed by atoms with Crippen LogP contribution in [-0.2, 0) is 0 Å². The molecule has 0 aliphatic rings. The molecule has 1 heterocycles. The van der Waals surface area contributed by atoms with Crippen molar-refractivity contribution in [2.45, 2.75) is 34.6 Å². The summed E-state index contributed by atoms with van der Waals surface area (Å²) in [6.07, 6.45) is 9.36. The lowest BCUT2D eigenvalue weighted by Gasteiger charge is -1.92. The van der Waals surface area contributed by atoms with Crippen molar-refractivity contribution in [1.82, 2.24) is 9.55 Å². The van der Waals surface area contributed by atoms with E-state index in [1.54, 1.807) is 12.3 Å². The second kappa shape index (κ2) is 11.5. The quantitative estimate of drug-likeness (QED) is 0.669. The van der Waals surface area contributed by atoms with Crippen molar-refractivity contribution in [3.63, 3.8) is 0 Å². The van der Waals surface area contributed by atoms with E-state index in [0.29, 0.717) is 0 Å². The second-order valence-corrected chi connectivity index (χ2v) is 2.74. The predicted molar refractivity (Wildman–Crippen MR) is 75.3 cm³/mol. The van der Waals surface area contributed by atoms with E-state index >= 15 is 0 Å². The molecule has 2 heteroatoms. The lowest BCUT2D eigenvalue weighted by molar-refractivity contribution is 1.11. The van der Waals surface area contributed by atoms with Gasteiger partial charge in [-0.05, 0) is 26.8 Å². The van der Waals surface area contributed by atoms with Crippen LogP contribution in [0.15, 0.2) is 31.5 Å². The van der Waals surface area contributed by atoms with Crippen molar-refractivity contribution >= 4 is 12.3 Å². The highest BCUT2D eigenvalue weighted by Crippen LogP contribution is 2.04. The van der Waals surface area contributed by atoms with Gasteiger partial charge in [-0.1, -0.05) is 32.6 Å². The maximum absolute atomic E-state index is 4.28. The van der Waals surface area contributed by atoms with Crippen molar-refractivity contribution in [2.24, 2.45) is 0 Å². The minimum atomic E-state index is 0.931. The minimum Gasteiger partial charge on any atom is -0.307 e. The van der Waals surface area contributed by atoms with Gasteiger partial charge in [0.1, 0.15) is 5.82 Å². The van der Waals surface area contributed by atoms with Crippen LogP contribution in [0.1, 0.15) is 39.2 Å². The van der Waals surface area contributed by atoms with Crippen LogP contribution in [-0.4, -0.2) is 9.55 Å². The minimum absolute atomic E-state index is 0.931. The monoisotopic (exact) mass is 220 g/mol. The van der Waals surface area contributed by atoms with E-state index in [9.17, 15) is 0 Å². The molecule has 0 aliphatic heterocycles. The Kier molecular flexibility index (Phi) is 12.1. The Hall–Kier alpha value is -1.57. The maximum Gasteiger partial charge on any atom is 0.136 e. The average molecular weight is 220 g/mol. The van der Waals surface area contributed by atoms with Gasteiger partial charge in [0, 0.05) is 12.4 Å². The molecule has 0 radical (unpaired) electrons. The zero-order valence-corrected chi connectivity index (χ0v) is 11.2. The number of nitrogens with zero attached hydrogens (tertiary/aromatic N) is 2. The number of hydrogen-bond donors (Lipinski definition) is 0. The molecule has 90 valence electrons. The number of aryl methyl sites for hydroxylation is 1. The molecule has 1 aromatic rings. The predicted octanol–water partition coefficient (Wildman–Crippen LogP) is 4.54. The normalized spacial score (nSPS) is 8.56. The fraction of sp³-hybridized carbons (Fsp3) is 0.357. The van der Waals surface area contributed by atoms with Crippen LogP contribution in [0.2, 0.25) is 0 Å². The lowest BCUT2D eigenvalue weighted by Crippen LogP contribution is -1.86. The molecular weight excluding hydrogens is 196 g/mol. The highest BCUT2D eigenvalue weighted by Gasteiger charge is 1.96. The van der Waals surface area contributed by atoms with Gasteiger partial charge in [-0.3, -0.25) is 0 Å². The Morgan fingerprint density at radius 3 is 2.12 bits per heavy atom. The van der Waals surface area contributed by atoms with E-state index in [1.165, 1.54) is 0 Å². The lowest BCUT2D eigenvalue weighted by atomic mass is 10.5. The molecule has 1 aromatic heterocycles. The van der Waals surface area contributed by atoms with Gasteiger partial charge in [0.25, 0.3) is 0 Å². The van der Waals surface area contributed by atoms with Crippen LogP contribution in [0.5, 0.6) is 0 Å². The number of aromatic nitrogens is 2. The molecular formula is C14H24N2. The van der Waals surface area contributed by atoms with Crippen LogP contribution < -0.4 is 0 Å². The summed E-state index contributed by atoms with van der Waals surface area (Å²) in [5.74, 6) is 0.931. The van der Waals surface area contributed by atoms with E-state index in [-0.39, 0.29) is 0 Å². The van der Waals surface area contributed by atoms with E-state index in [0.717, 1.165) is 11.5 Å². The summed E-state index contributed by atoms with van der Waals surface area (Å²) in [7, 11) is 0. The topological polar surface area (TPSA) is 17.8 Å². The van der Waals surface area contributed by atoms with Gasteiger partial charge in [-0.2, -0.15) is 0 Å². The second-order valence-electron chi connectivity index (χ2n) is 2.74. The average Bonchev–Trinajstić information content (AvgIpc) is 2.63. The van der Waals surface area contributed by atoms with Crippen LogP contribution in [0.25, 0.3) is 12.3 Å². The number of imidazole rings is 1. The van der Waals surface area contributed by atoms with Gasteiger partial charge < -0.3 is 4.57 Å². The van der Waals surface area contributed by atoms with Crippen LogP contribution in [0.4, 0.5) is 0 Å². The zero-order valence-electron chi connectivity index (χ0n) is 11.2. The largest absolute Gasteiger partial charge is 0.307 e. The molecule has 0 spiro atoms. The molecule has 0 aliphatic carbocycles. The number of rotatable bonds is 2. The first kappa shape index (κ1) is 16.8. The smallest absolute Gasteiger partial charge is 0.136 e. The molecule has 0 saturated carbocycles. The summed E-state index contributed by atoms with van der Waals surface area (Å²) in [5.41, 5.74) is 1.01. The van der Waals surface area contributed by atoms with Crippen LogP contribution in [0, 0.1) is 6.92 Å². The molecule has 0 saturated heterocycles.